The van der Waals surface area contributed by atoms with Crippen molar-refractivity contribution in [3.63, 3.8) is 0 Å². The summed E-state index contributed by atoms with van der Waals surface area (Å²) in [7, 11) is -3.38. The lowest BCUT2D eigenvalue weighted by Gasteiger charge is -2.10. The number of halogens is 1. The Morgan fingerprint density at radius 2 is 1.89 bits per heavy atom. The number of nitrogens with zero attached hydrogens (tertiary/aromatic N) is 4. The molecule has 9 nitrogen and oxygen atoms in total. The first-order valence-corrected chi connectivity index (χ1v) is 13.9. The topological polar surface area (TPSA) is 120 Å². The lowest BCUT2D eigenvalue weighted by molar-refractivity contribution is 0.190. The second-order valence-corrected chi connectivity index (χ2v) is 12.0. The molecule has 4 aromatic rings. The number of hydrogen-bond acceptors (Lipinski definition) is 9. The van der Waals surface area contributed by atoms with E-state index in [0.717, 1.165) is 18.6 Å². The van der Waals surface area contributed by atoms with E-state index in [0.29, 0.717) is 35.8 Å². The largest absolute Gasteiger partial charge is 0.414 e. The van der Waals surface area contributed by atoms with Crippen LogP contribution >= 0.6 is 0 Å². The van der Waals surface area contributed by atoms with E-state index in [9.17, 15) is 12.8 Å². The summed E-state index contributed by atoms with van der Waals surface area (Å²) in [5.41, 5.74) is 3.11. The minimum atomic E-state index is -3.38. The Hall–Kier alpha value is -3.54. The number of nitrogens with one attached hydrogen (secondary N) is 1. The van der Waals surface area contributed by atoms with E-state index < -0.39 is 20.9 Å². The zero-order valence-corrected chi connectivity index (χ0v) is 22.1. The van der Waals surface area contributed by atoms with Gasteiger partial charge in [0.25, 0.3) is 11.8 Å². The molecule has 11 heteroatoms. The third-order valence-electron chi connectivity index (χ3n) is 6.47. The van der Waals surface area contributed by atoms with Gasteiger partial charge in [0.15, 0.2) is 9.84 Å². The molecule has 0 bridgehead atoms. The summed E-state index contributed by atoms with van der Waals surface area (Å²) in [5.74, 6) is -0.316. The van der Waals surface area contributed by atoms with Gasteiger partial charge in [-0.05, 0) is 57.0 Å². The normalized spacial score (nSPS) is 15.9. The summed E-state index contributed by atoms with van der Waals surface area (Å²) in [4.78, 5) is 9.27. The third kappa shape index (κ3) is 5.35. The average Bonchev–Trinajstić information content (AvgIpc) is 3.60. The monoisotopic (exact) mass is 539 g/mol. The van der Waals surface area contributed by atoms with Gasteiger partial charge in [-0.2, -0.15) is 0 Å². The fourth-order valence-electron chi connectivity index (χ4n) is 4.11. The molecule has 1 N–H and O–H groups in total. The van der Waals surface area contributed by atoms with E-state index >= 15 is 0 Å². The minimum absolute atomic E-state index is 0. The van der Waals surface area contributed by atoms with E-state index in [4.69, 9.17) is 9.15 Å². The highest BCUT2D eigenvalue weighted by Crippen LogP contribution is 2.29. The molecule has 0 amide bonds. The summed E-state index contributed by atoms with van der Waals surface area (Å²) < 4.78 is 50.9. The van der Waals surface area contributed by atoms with Crippen molar-refractivity contribution in [2.45, 2.75) is 49.9 Å². The summed E-state index contributed by atoms with van der Waals surface area (Å²) in [6, 6.07) is 11.7. The second kappa shape index (κ2) is 10.7. The highest BCUT2D eigenvalue weighted by Gasteiger charge is 2.21. The Labute approximate surface area is 221 Å². The SMILES string of the molecule is Cc1ncc(-c2ccc(S(=O)(=O)C(C)C)cc2)nc1-c1nnc(-c2ccc(CNC3CCOC3)cc2F)o1.[HH]. The number of rotatable bonds is 8. The van der Waals surface area contributed by atoms with Crippen LogP contribution in [-0.2, 0) is 21.1 Å². The van der Waals surface area contributed by atoms with Gasteiger partial charge in [0, 0.05) is 26.2 Å². The van der Waals surface area contributed by atoms with Crippen LogP contribution in [0.25, 0.3) is 34.3 Å². The Kier molecular flexibility index (Phi) is 7.33. The van der Waals surface area contributed by atoms with Crippen molar-refractivity contribution in [3.8, 4) is 34.3 Å². The van der Waals surface area contributed by atoms with Gasteiger partial charge < -0.3 is 14.5 Å². The van der Waals surface area contributed by atoms with Crippen molar-refractivity contribution in [1.29, 1.82) is 0 Å². The van der Waals surface area contributed by atoms with Crippen LogP contribution in [0.5, 0.6) is 0 Å². The van der Waals surface area contributed by atoms with E-state index in [1.165, 1.54) is 6.07 Å². The molecule has 2 aromatic carbocycles. The van der Waals surface area contributed by atoms with Crippen LogP contribution in [0.4, 0.5) is 4.39 Å². The molecule has 5 rings (SSSR count). The summed E-state index contributed by atoms with van der Waals surface area (Å²) in [6.07, 6.45) is 2.53. The van der Waals surface area contributed by atoms with Crippen LogP contribution in [0.3, 0.4) is 0 Å². The van der Waals surface area contributed by atoms with Gasteiger partial charge in [0.05, 0.1) is 39.9 Å². The fourth-order valence-corrected chi connectivity index (χ4v) is 5.17. The highest BCUT2D eigenvalue weighted by molar-refractivity contribution is 7.92. The van der Waals surface area contributed by atoms with Crippen LogP contribution < -0.4 is 5.32 Å². The van der Waals surface area contributed by atoms with Gasteiger partial charge in [0.2, 0.25) is 0 Å². The molecule has 1 atom stereocenters. The predicted molar refractivity (Wildman–Crippen MR) is 141 cm³/mol. The summed E-state index contributed by atoms with van der Waals surface area (Å²) in [5, 5.41) is 11.0. The standard InChI is InChI=1S/C27H28FN5O4S.H2/c1-16(2)38(34,35)21-7-5-19(6-8-21)24-14-29-17(3)25(31-24)27-33-32-26(37-27)22-9-4-18(12-23(22)28)13-30-20-10-11-36-15-20;/h4-9,12,14,16,20,30H,10-11,13,15H2,1-3H3;1H. The van der Waals surface area contributed by atoms with Crippen molar-refractivity contribution in [2.75, 3.05) is 13.2 Å². The first-order valence-electron chi connectivity index (χ1n) is 12.3. The molecule has 1 aliphatic heterocycles. The molecule has 1 fully saturated rings. The molecule has 1 saturated heterocycles. The maximum atomic E-state index is 14.9. The predicted octanol–water partition coefficient (Wildman–Crippen LogP) is 4.61. The summed E-state index contributed by atoms with van der Waals surface area (Å²) >= 11 is 0. The number of benzene rings is 2. The molecule has 3 heterocycles. The Morgan fingerprint density at radius 1 is 1.13 bits per heavy atom. The van der Waals surface area contributed by atoms with E-state index in [1.807, 2.05) is 6.07 Å². The molecule has 0 saturated carbocycles. The van der Waals surface area contributed by atoms with Crippen LogP contribution in [-0.4, -0.2) is 53.1 Å². The first kappa shape index (κ1) is 26.1. The molecular formula is C27H30FN5O4S. The van der Waals surface area contributed by atoms with Crippen LogP contribution in [0.2, 0.25) is 0 Å². The van der Waals surface area contributed by atoms with Gasteiger partial charge in [-0.15, -0.1) is 10.2 Å². The molecule has 0 aliphatic carbocycles. The van der Waals surface area contributed by atoms with Crippen LogP contribution in [0, 0.1) is 12.7 Å². The van der Waals surface area contributed by atoms with Gasteiger partial charge in [-0.1, -0.05) is 18.2 Å². The van der Waals surface area contributed by atoms with E-state index in [-0.39, 0.29) is 29.7 Å². The van der Waals surface area contributed by atoms with Crippen LogP contribution in [0.1, 0.15) is 33.0 Å². The number of sulfone groups is 1. The highest BCUT2D eigenvalue weighted by atomic mass is 32.2. The van der Waals surface area contributed by atoms with Gasteiger partial charge in [-0.25, -0.2) is 17.8 Å². The van der Waals surface area contributed by atoms with Crippen molar-refractivity contribution in [2.24, 2.45) is 0 Å². The zero-order chi connectivity index (χ0) is 26.9. The Bertz CT molecular complexity index is 1550. The van der Waals surface area contributed by atoms with Crippen molar-refractivity contribution in [3.05, 3.63) is 65.7 Å². The first-order chi connectivity index (χ1) is 18.2. The number of aryl methyl sites for hydroxylation is 1. The van der Waals surface area contributed by atoms with Gasteiger partial charge in [-0.3, -0.25) is 4.98 Å². The Morgan fingerprint density at radius 3 is 2.58 bits per heavy atom. The lowest BCUT2D eigenvalue weighted by Crippen LogP contribution is -2.28. The van der Waals surface area contributed by atoms with E-state index in [1.54, 1.807) is 57.3 Å². The van der Waals surface area contributed by atoms with E-state index in [2.05, 4.69) is 25.5 Å². The number of aromatic nitrogens is 4. The maximum Gasteiger partial charge on any atom is 0.268 e. The Balaban J connectivity index is 0.00000353. The number of hydrogen-bond donors (Lipinski definition) is 1. The molecule has 200 valence electrons. The minimum Gasteiger partial charge on any atom is -0.414 e. The quantitative estimate of drug-likeness (QED) is 0.342. The van der Waals surface area contributed by atoms with Crippen LogP contribution in [0.15, 0.2) is 58.0 Å². The second-order valence-electron chi connectivity index (χ2n) is 9.48. The van der Waals surface area contributed by atoms with Gasteiger partial charge >= 0.3 is 0 Å². The fraction of sp³-hybridized carbons (Fsp3) is 0.333. The molecule has 1 aliphatic rings. The van der Waals surface area contributed by atoms with Crippen molar-refractivity contribution >= 4 is 9.84 Å². The third-order valence-corrected chi connectivity index (χ3v) is 8.64. The number of ether oxygens (including phenoxy) is 1. The average molecular weight is 540 g/mol. The molecule has 1 unspecified atom stereocenters. The maximum absolute atomic E-state index is 14.9. The van der Waals surface area contributed by atoms with Gasteiger partial charge in [0.1, 0.15) is 11.5 Å². The molecular weight excluding hydrogens is 509 g/mol. The molecule has 38 heavy (non-hydrogen) atoms. The zero-order valence-electron chi connectivity index (χ0n) is 21.3. The lowest BCUT2D eigenvalue weighted by atomic mass is 10.1. The molecule has 0 radical (unpaired) electrons. The molecule has 2 aromatic heterocycles. The van der Waals surface area contributed by atoms with Crippen molar-refractivity contribution in [1.82, 2.24) is 25.5 Å². The smallest absolute Gasteiger partial charge is 0.268 e. The van der Waals surface area contributed by atoms with Crippen molar-refractivity contribution < 1.29 is 23.4 Å². The molecule has 0 spiro atoms. The summed E-state index contributed by atoms with van der Waals surface area (Å²) in [6.45, 7) is 6.99.